The number of aryl methyl sites for hydroxylation is 2. The summed E-state index contributed by atoms with van der Waals surface area (Å²) in [6, 6.07) is 15.5. The van der Waals surface area contributed by atoms with E-state index in [0.717, 1.165) is 24.1 Å². The standard InChI is InChI=1S/C24H27N3O3/c1-18-15-22(28)23(24(29)26-16-20-10-12-25-13-11-20)21(17-30-2)27(18)14-6-9-19-7-4-3-5-8-19/h3-5,7-8,10-13,15H,6,9,14,16-17H2,1-2H3,(H,26,29). The molecule has 3 aromatic rings. The summed E-state index contributed by atoms with van der Waals surface area (Å²) in [5.74, 6) is -0.388. The summed E-state index contributed by atoms with van der Waals surface area (Å²) in [5, 5.41) is 2.85. The molecule has 1 aromatic carbocycles. The van der Waals surface area contributed by atoms with Gasteiger partial charge in [0.25, 0.3) is 5.91 Å². The van der Waals surface area contributed by atoms with Crippen molar-refractivity contribution < 1.29 is 9.53 Å². The molecule has 0 aliphatic rings. The van der Waals surface area contributed by atoms with Crippen LogP contribution < -0.4 is 10.7 Å². The molecule has 6 nitrogen and oxygen atoms in total. The maximum atomic E-state index is 12.9. The van der Waals surface area contributed by atoms with Gasteiger partial charge in [0.05, 0.1) is 12.3 Å². The fourth-order valence-electron chi connectivity index (χ4n) is 3.53. The van der Waals surface area contributed by atoms with Crippen molar-refractivity contribution in [1.82, 2.24) is 14.9 Å². The minimum absolute atomic E-state index is 0.149. The van der Waals surface area contributed by atoms with Crippen LogP contribution in [-0.2, 0) is 30.9 Å². The van der Waals surface area contributed by atoms with E-state index in [-0.39, 0.29) is 23.5 Å². The number of amides is 1. The predicted molar refractivity (Wildman–Crippen MR) is 116 cm³/mol. The fourth-order valence-corrected chi connectivity index (χ4v) is 3.53. The maximum absolute atomic E-state index is 12.9. The van der Waals surface area contributed by atoms with Crippen LogP contribution in [0.15, 0.2) is 65.7 Å². The van der Waals surface area contributed by atoms with Crippen LogP contribution in [0.1, 0.15) is 39.3 Å². The van der Waals surface area contributed by atoms with Gasteiger partial charge in [0.15, 0.2) is 5.43 Å². The van der Waals surface area contributed by atoms with Crippen LogP contribution in [0.5, 0.6) is 0 Å². The van der Waals surface area contributed by atoms with Crippen molar-refractivity contribution in [2.75, 3.05) is 7.11 Å². The summed E-state index contributed by atoms with van der Waals surface area (Å²) in [6.45, 7) is 3.11. The zero-order valence-corrected chi connectivity index (χ0v) is 17.4. The zero-order valence-electron chi connectivity index (χ0n) is 17.4. The van der Waals surface area contributed by atoms with E-state index in [9.17, 15) is 9.59 Å². The molecule has 0 fully saturated rings. The summed E-state index contributed by atoms with van der Waals surface area (Å²) < 4.78 is 7.37. The molecule has 0 saturated heterocycles. The lowest BCUT2D eigenvalue weighted by molar-refractivity contribution is 0.0942. The lowest BCUT2D eigenvalue weighted by Crippen LogP contribution is -2.32. The number of hydrogen-bond acceptors (Lipinski definition) is 4. The second kappa shape index (κ2) is 10.5. The molecule has 0 radical (unpaired) electrons. The number of nitrogens with zero attached hydrogens (tertiary/aromatic N) is 2. The van der Waals surface area contributed by atoms with Gasteiger partial charge < -0.3 is 14.6 Å². The fraction of sp³-hybridized carbons (Fsp3) is 0.292. The average Bonchev–Trinajstić information content (AvgIpc) is 2.76. The summed E-state index contributed by atoms with van der Waals surface area (Å²) in [6.07, 6.45) is 5.15. The Bertz CT molecular complexity index is 1030. The first-order chi connectivity index (χ1) is 14.6. The molecule has 0 spiro atoms. The van der Waals surface area contributed by atoms with Crippen LogP contribution in [0.2, 0.25) is 0 Å². The molecule has 1 N–H and O–H groups in total. The first-order valence-corrected chi connectivity index (χ1v) is 10.0. The largest absolute Gasteiger partial charge is 0.378 e. The van der Waals surface area contributed by atoms with Gasteiger partial charge in [-0.05, 0) is 43.0 Å². The molecule has 0 aliphatic carbocycles. The highest BCUT2D eigenvalue weighted by molar-refractivity contribution is 5.95. The Morgan fingerprint density at radius 2 is 1.83 bits per heavy atom. The molecular weight excluding hydrogens is 378 g/mol. The van der Waals surface area contributed by atoms with Crippen LogP contribution >= 0.6 is 0 Å². The molecule has 2 heterocycles. The van der Waals surface area contributed by atoms with Gasteiger partial charge in [0.2, 0.25) is 0 Å². The third-order valence-electron chi connectivity index (χ3n) is 5.03. The van der Waals surface area contributed by atoms with Crippen molar-refractivity contribution >= 4 is 5.91 Å². The monoisotopic (exact) mass is 405 g/mol. The number of benzene rings is 1. The first-order valence-electron chi connectivity index (χ1n) is 10.0. The van der Waals surface area contributed by atoms with E-state index < -0.39 is 0 Å². The zero-order chi connectivity index (χ0) is 21.3. The smallest absolute Gasteiger partial charge is 0.257 e. The van der Waals surface area contributed by atoms with Gasteiger partial charge in [0, 0.05) is 44.4 Å². The van der Waals surface area contributed by atoms with Crippen molar-refractivity contribution in [2.24, 2.45) is 0 Å². The third kappa shape index (κ3) is 5.42. The van der Waals surface area contributed by atoms with Crippen molar-refractivity contribution in [3.8, 4) is 0 Å². The molecule has 0 atom stereocenters. The molecular formula is C24H27N3O3. The van der Waals surface area contributed by atoms with Gasteiger partial charge in [-0.3, -0.25) is 14.6 Å². The molecule has 30 heavy (non-hydrogen) atoms. The number of hydrogen-bond donors (Lipinski definition) is 1. The Kier molecular flexibility index (Phi) is 7.51. The van der Waals surface area contributed by atoms with Crippen molar-refractivity contribution in [3.63, 3.8) is 0 Å². The Balaban J connectivity index is 1.82. The average molecular weight is 405 g/mol. The second-order valence-corrected chi connectivity index (χ2v) is 7.18. The van der Waals surface area contributed by atoms with Crippen LogP contribution in [0.4, 0.5) is 0 Å². The number of methoxy groups -OCH3 is 1. The van der Waals surface area contributed by atoms with Gasteiger partial charge in [0.1, 0.15) is 5.56 Å². The Hall–Kier alpha value is -3.25. The van der Waals surface area contributed by atoms with Crippen LogP contribution in [0, 0.1) is 6.92 Å². The number of aromatic nitrogens is 2. The van der Waals surface area contributed by atoms with Gasteiger partial charge >= 0.3 is 0 Å². The molecule has 0 aliphatic heterocycles. The number of carbonyl (C=O) groups is 1. The number of pyridine rings is 2. The predicted octanol–water partition coefficient (Wildman–Crippen LogP) is 3.26. The second-order valence-electron chi connectivity index (χ2n) is 7.18. The van der Waals surface area contributed by atoms with Gasteiger partial charge in [-0.25, -0.2) is 0 Å². The Morgan fingerprint density at radius 3 is 2.53 bits per heavy atom. The third-order valence-corrected chi connectivity index (χ3v) is 5.03. The molecule has 6 heteroatoms. The molecule has 0 unspecified atom stereocenters. The van der Waals surface area contributed by atoms with Crippen molar-refractivity contribution in [3.05, 3.63) is 99.2 Å². The van der Waals surface area contributed by atoms with E-state index in [1.807, 2.05) is 41.8 Å². The van der Waals surface area contributed by atoms with Gasteiger partial charge in [-0.2, -0.15) is 0 Å². The van der Waals surface area contributed by atoms with Crippen molar-refractivity contribution in [1.29, 1.82) is 0 Å². The molecule has 0 saturated carbocycles. The van der Waals surface area contributed by atoms with E-state index >= 15 is 0 Å². The lowest BCUT2D eigenvalue weighted by atomic mass is 10.1. The molecule has 3 rings (SSSR count). The van der Waals surface area contributed by atoms with E-state index in [1.54, 1.807) is 19.5 Å². The van der Waals surface area contributed by atoms with E-state index in [1.165, 1.54) is 11.6 Å². The van der Waals surface area contributed by atoms with Crippen LogP contribution in [0.25, 0.3) is 0 Å². The molecule has 1 amide bonds. The number of rotatable bonds is 9. The normalized spacial score (nSPS) is 10.7. The van der Waals surface area contributed by atoms with Gasteiger partial charge in [-0.15, -0.1) is 0 Å². The highest BCUT2D eigenvalue weighted by Gasteiger charge is 2.20. The maximum Gasteiger partial charge on any atom is 0.257 e. The quantitative estimate of drug-likeness (QED) is 0.593. The summed E-state index contributed by atoms with van der Waals surface area (Å²) in [4.78, 5) is 29.6. The number of carbonyl (C=O) groups excluding carboxylic acids is 1. The number of nitrogens with one attached hydrogen (secondary N) is 1. The Morgan fingerprint density at radius 1 is 1.10 bits per heavy atom. The minimum Gasteiger partial charge on any atom is -0.378 e. The SMILES string of the molecule is COCc1c(C(=O)NCc2ccncc2)c(=O)cc(C)n1CCCc1ccccc1. The van der Waals surface area contributed by atoms with E-state index in [0.29, 0.717) is 18.8 Å². The lowest BCUT2D eigenvalue weighted by Gasteiger charge is -2.20. The van der Waals surface area contributed by atoms with Crippen molar-refractivity contribution in [2.45, 2.75) is 39.5 Å². The van der Waals surface area contributed by atoms with E-state index in [4.69, 9.17) is 4.74 Å². The number of ether oxygens (including phenoxy) is 1. The summed E-state index contributed by atoms with van der Waals surface area (Å²) >= 11 is 0. The molecule has 156 valence electrons. The first kappa shape index (κ1) is 21.5. The van der Waals surface area contributed by atoms with Crippen LogP contribution in [-0.4, -0.2) is 22.6 Å². The Labute approximate surface area is 176 Å². The topological polar surface area (TPSA) is 73.2 Å². The highest BCUT2D eigenvalue weighted by Crippen LogP contribution is 2.13. The highest BCUT2D eigenvalue weighted by atomic mass is 16.5. The van der Waals surface area contributed by atoms with Gasteiger partial charge in [-0.1, -0.05) is 30.3 Å². The van der Waals surface area contributed by atoms with E-state index in [2.05, 4.69) is 22.4 Å². The van der Waals surface area contributed by atoms with Crippen LogP contribution in [0.3, 0.4) is 0 Å². The summed E-state index contributed by atoms with van der Waals surface area (Å²) in [7, 11) is 1.57. The minimum atomic E-state index is -0.388. The summed E-state index contributed by atoms with van der Waals surface area (Å²) in [5.41, 5.74) is 3.48. The molecule has 0 bridgehead atoms. The molecule has 2 aromatic heterocycles.